The van der Waals surface area contributed by atoms with Crippen molar-refractivity contribution in [1.82, 2.24) is 14.1 Å². The first-order valence-electron chi connectivity index (χ1n) is 13.6. The number of ether oxygens (including phenoxy) is 2. The van der Waals surface area contributed by atoms with Gasteiger partial charge in [-0.25, -0.2) is 8.42 Å². The van der Waals surface area contributed by atoms with Crippen LogP contribution in [0.1, 0.15) is 37.0 Å². The number of fused-ring (bicyclic) bond motifs is 1. The van der Waals surface area contributed by atoms with Crippen molar-refractivity contribution < 1.29 is 32.6 Å². The third-order valence-corrected chi connectivity index (χ3v) is 9.00. The van der Waals surface area contributed by atoms with Crippen LogP contribution in [0.25, 0.3) is 0 Å². The lowest BCUT2D eigenvalue weighted by molar-refractivity contribution is -0.116. The van der Waals surface area contributed by atoms with Crippen LogP contribution >= 0.6 is 0 Å². The molecule has 2 amide bonds. The Kier molecular flexibility index (Phi) is 11.1. The zero-order valence-corrected chi connectivity index (χ0v) is 25.5. The number of aliphatic hydroxyl groups is 1. The summed E-state index contributed by atoms with van der Waals surface area (Å²) >= 11 is 0. The van der Waals surface area contributed by atoms with Crippen LogP contribution in [-0.2, 0) is 14.8 Å². The van der Waals surface area contributed by atoms with Gasteiger partial charge in [0.25, 0.3) is 5.91 Å². The molecule has 12 heteroatoms. The van der Waals surface area contributed by atoms with E-state index in [0.717, 1.165) is 6.54 Å². The quantitative estimate of drug-likeness (QED) is 0.386. The molecule has 2 aromatic carbocycles. The van der Waals surface area contributed by atoms with Gasteiger partial charge >= 0.3 is 0 Å². The number of nitrogens with one attached hydrogen (secondary N) is 1. The highest BCUT2D eigenvalue weighted by molar-refractivity contribution is 7.89. The summed E-state index contributed by atoms with van der Waals surface area (Å²) in [5, 5.41) is 12.7. The van der Waals surface area contributed by atoms with E-state index in [-0.39, 0.29) is 53.6 Å². The number of rotatable bonds is 12. The molecule has 11 nitrogen and oxygen atoms in total. The number of methoxy groups -OCH3 is 1. The van der Waals surface area contributed by atoms with Crippen molar-refractivity contribution in [3.8, 4) is 11.5 Å². The third kappa shape index (κ3) is 8.19. The number of carbonyl (C=O) groups is 2. The van der Waals surface area contributed by atoms with E-state index in [1.807, 2.05) is 25.9 Å². The van der Waals surface area contributed by atoms with Gasteiger partial charge in [0.1, 0.15) is 17.6 Å². The molecular weight excluding hydrogens is 548 g/mol. The highest BCUT2D eigenvalue weighted by Gasteiger charge is 2.35. The van der Waals surface area contributed by atoms with Gasteiger partial charge in [-0.15, -0.1) is 0 Å². The fourth-order valence-corrected chi connectivity index (χ4v) is 5.76. The smallest absolute Gasteiger partial charge is 0.258 e. The molecule has 0 saturated heterocycles. The van der Waals surface area contributed by atoms with Crippen LogP contribution in [0, 0.1) is 5.92 Å². The molecule has 3 rings (SSSR count). The molecule has 226 valence electrons. The molecule has 0 bridgehead atoms. The van der Waals surface area contributed by atoms with Gasteiger partial charge in [0, 0.05) is 31.6 Å². The highest BCUT2D eigenvalue weighted by Crippen LogP contribution is 2.31. The molecule has 0 fully saturated rings. The average molecular weight is 591 g/mol. The van der Waals surface area contributed by atoms with Gasteiger partial charge in [-0.05, 0) is 76.4 Å². The molecule has 3 atom stereocenters. The maximum Gasteiger partial charge on any atom is 0.258 e. The molecule has 1 heterocycles. The highest BCUT2D eigenvalue weighted by atomic mass is 32.2. The Balaban J connectivity index is 1.88. The first-order valence-corrected chi connectivity index (χ1v) is 15.1. The second-order valence-corrected chi connectivity index (χ2v) is 12.8. The van der Waals surface area contributed by atoms with Crippen molar-refractivity contribution in [2.24, 2.45) is 5.92 Å². The number of anilines is 1. The predicted molar refractivity (Wildman–Crippen MR) is 157 cm³/mol. The normalized spacial score (nSPS) is 18.4. The standard InChI is InChI=1S/C29H42N4O7S/c1-20-17-33(21(2)19-34)29(36)25-16-22(30-28(35)8-7-15-31(3)4)9-14-26(25)40-27(20)18-32(5)41(37,38)24-12-10-23(39-6)11-13-24/h9-14,16,20-21,27,34H,7-8,15,17-19H2,1-6H3,(H,30,35)/t20-,21+,27+/m0/s1. The number of nitrogens with zero attached hydrogens (tertiary/aromatic N) is 3. The largest absolute Gasteiger partial charge is 0.497 e. The second kappa shape index (κ2) is 14.1. The Morgan fingerprint density at radius 2 is 1.88 bits per heavy atom. The fraction of sp³-hybridized carbons (Fsp3) is 0.517. The van der Waals surface area contributed by atoms with Gasteiger partial charge in [0.05, 0.1) is 36.8 Å². The van der Waals surface area contributed by atoms with Gasteiger partial charge in [-0.1, -0.05) is 6.92 Å². The predicted octanol–water partition coefficient (Wildman–Crippen LogP) is 2.52. The van der Waals surface area contributed by atoms with Gasteiger partial charge in [0.2, 0.25) is 15.9 Å². The van der Waals surface area contributed by atoms with Crippen molar-refractivity contribution >= 4 is 27.5 Å². The molecule has 1 aliphatic rings. The van der Waals surface area contributed by atoms with Gasteiger partial charge < -0.3 is 29.7 Å². The molecule has 0 aliphatic carbocycles. The summed E-state index contributed by atoms with van der Waals surface area (Å²) < 4.78 is 39.4. The van der Waals surface area contributed by atoms with Crippen molar-refractivity contribution in [3.05, 3.63) is 48.0 Å². The van der Waals surface area contributed by atoms with E-state index in [1.165, 1.54) is 30.6 Å². The van der Waals surface area contributed by atoms with Crippen LogP contribution < -0.4 is 14.8 Å². The van der Waals surface area contributed by atoms with E-state index in [0.29, 0.717) is 24.3 Å². The molecule has 0 radical (unpaired) electrons. The molecule has 2 aromatic rings. The number of hydrogen-bond donors (Lipinski definition) is 2. The van der Waals surface area contributed by atoms with E-state index in [4.69, 9.17) is 9.47 Å². The van der Waals surface area contributed by atoms with Crippen LogP contribution in [0.15, 0.2) is 47.4 Å². The lowest BCUT2D eigenvalue weighted by Gasteiger charge is -2.38. The summed E-state index contributed by atoms with van der Waals surface area (Å²) in [5.74, 6) is 0.0542. The summed E-state index contributed by atoms with van der Waals surface area (Å²) in [6.45, 7) is 4.43. The Hall–Kier alpha value is -3.19. The first-order chi connectivity index (χ1) is 19.4. The number of amides is 2. The van der Waals surface area contributed by atoms with Crippen LogP contribution in [0.2, 0.25) is 0 Å². The molecular formula is C29H42N4O7S. The monoisotopic (exact) mass is 590 g/mol. The lowest BCUT2D eigenvalue weighted by Crippen LogP contribution is -2.50. The molecule has 1 aliphatic heterocycles. The van der Waals surface area contributed by atoms with E-state index in [1.54, 1.807) is 42.2 Å². The zero-order chi connectivity index (χ0) is 30.3. The SMILES string of the molecule is COc1ccc(S(=O)(=O)N(C)C[C@H]2Oc3ccc(NC(=O)CCCN(C)C)cc3C(=O)N([C@H](C)CO)C[C@@H]2C)cc1. The van der Waals surface area contributed by atoms with Crippen molar-refractivity contribution in [1.29, 1.82) is 0 Å². The molecule has 2 N–H and O–H groups in total. The molecule has 0 spiro atoms. The van der Waals surface area contributed by atoms with E-state index >= 15 is 0 Å². The van der Waals surface area contributed by atoms with Crippen LogP contribution in [-0.4, -0.2) is 106 Å². The maximum absolute atomic E-state index is 13.6. The first kappa shape index (κ1) is 32.3. The van der Waals surface area contributed by atoms with Gasteiger partial charge in [0.15, 0.2) is 0 Å². The topological polar surface area (TPSA) is 129 Å². The van der Waals surface area contributed by atoms with Crippen molar-refractivity contribution in [2.45, 2.75) is 43.7 Å². The minimum absolute atomic E-state index is 0.0227. The van der Waals surface area contributed by atoms with Gasteiger partial charge in [-0.2, -0.15) is 4.31 Å². The minimum atomic E-state index is -3.84. The number of benzene rings is 2. The van der Waals surface area contributed by atoms with E-state index in [2.05, 4.69) is 5.32 Å². The molecule has 41 heavy (non-hydrogen) atoms. The Morgan fingerprint density at radius 1 is 1.20 bits per heavy atom. The Labute approximate surface area is 243 Å². The summed E-state index contributed by atoms with van der Waals surface area (Å²) in [4.78, 5) is 29.8. The van der Waals surface area contributed by atoms with Crippen molar-refractivity contribution in [3.63, 3.8) is 0 Å². The second-order valence-electron chi connectivity index (χ2n) is 10.7. The van der Waals surface area contributed by atoms with Crippen LogP contribution in [0.4, 0.5) is 5.69 Å². The third-order valence-electron chi connectivity index (χ3n) is 7.16. The summed E-state index contributed by atoms with van der Waals surface area (Å²) in [6.07, 6.45) is 0.419. The number of hydrogen-bond acceptors (Lipinski definition) is 8. The number of carbonyl (C=O) groups excluding carboxylic acids is 2. The molecule has 0 aromatic heterocycles. The minimum Gasteiger partial charge on any atom is -0.497 e. The molecule has 0 saturated carbocycles. The number of sulfonamides is 1. The van der Waals surface area contributed by atoms with Crippen LogP contribution in [0.5, 0.6) is 11.5 Å². The van der Waals surface area contributed by atoms with Gasteiger partial charge in [-0.3, -0.25) is 9.59 Å². The Bertz CT molecular complexity index is 1300. The number of likely N-dealkylation sites (N-methyl/N-ethyl adjacent to an activating group) is 1. The summed E-state index contributed by atoms with van der Waals surface area (Å²) in [7, 11) is 3.05. The van der Waals surface area contributed by atoms with Crippen LogP contribution in [0.3, 0.4) is 0 Å². The lowest BCUT2D eigenvalue weighted by atomic mass is 9.99. The summed E-state index contributed by atoms with van der Waals surface area (Å²) in [5.41, 5.74) is 0.686. The maximum atomic E-state index is 13.6. The van der Waals surface area contributed by atoms with Crippen molar-refractivity contribution in [2.75, 3.05) is 59.8 Å². The average Bonchev–Trinajstić information content (AvgIpc) is 2.94. The fourth-order valence-electron chi connectivity index (χ4n) is 4.58. The van der Waals surface area contributed by atoms with E-state index in [9.17, 15) is 23.1 Å². The zero-order valence-electron chi connectivity index (χ0n) is 24.7. The summed E-state index contributed by atoms with van der Waals surface area (Å²) in [6, 6.07) is 10.5. The molecule has 0 unspecified atom stereocenters. The Morgan fingerprint density at radius 3 is 2.49 bits per heavy atom. The number of aliphatic hydroxyl groups excluding tert-OH is 1. The van der Waals surface area contributed by atoms with E-state index < -0.39 is 22.2 Å².